The van der Waals surface area contributed by atoms with Gasteiger partial charge in [0.2, 0.25) is 17.8 Å². The Morgan fingerprint density at radius 1 is 0.957 bits per heavy atom. The number of nitrogens with one attached hydrogen (secondary N) is 1. The summed E-state index contributed by atoms with van der Waals surface area (Å²) in [6.45, 7) is 5.08. The maximum Gasteiger partial charge on any atom is 0.413 e. The number of benzene rings is 1. The summed E-state index contributed by atoms with van der Waals surface area (Å²) in [5, 5.41) is 2.49. The van der Waals surface area contributed by atoms with Crippen molar-refractivity contribution >= 4 is 35.0 Å². The minimum Gasteiger partial charge on any atom is -0.378 e. The molecule has 1 aromatic carbocycles. The zero-order valence-corrected chi connectivity index (χ0v) is 25.2. The van der Waals surface area contributed by atoms with Gasteiger partial charge in [0.1, 0.15) is 5.82 Å². The Hall–Kier alpha value is -4.72. The van der Waals surface area contributed by atoms with Gasteiger partial charge in [-0.3, -0.25) is 9.59 Å². The standard InChI is InChI=1S/C32H35F3N8O3/c33-32(34,35)26(22-3-4-22)18-29(44)39-24-5-1-21(2-6-24)15-30(45)43-9-7-41(8-10-43)25-16-27(23-19-37-31(36)38-20-23)40-28(17-25)42-11-13-46-14-12-42/h1-2,5-6,16-20,22H,3-4,7-15H2,(H,39,44)(H2,36,37,38). The van der Waals surface area contributed by atoms with Gasteiger partial charge in [-0.15, -0.1) is 0 Å². The van der Waals surface area contributed by atoms with Crippen LogP contribution >= 0.6 is 0 Å². The average Bonchev–Trinajstić information content (AvgIpc) is 3.90. The number of nitrogens with zero attached hydrogens (tertiary/aromatic N) is 6. The van der Waals surface area contributed by atoms with E-state index >= 15 is 0 Å². The third-order valence-electron chi connectivity index (χ3n) is 8.30. The number of anilines is 4. The van der Waals surface area contributed by atoms with Gasteiger partial charge >= 0.3 is 6.18 Å². The predicted octanol–water partition coefficient (Wildman–Crippen LogP) is 3.69. The van der Waals surface area contributed by atoms with Crippen LogP contribution in [0.2, 0.25) is 0 Å². The highest BCUT2D eigenvalue weighted by atomic mass is 19.4. The van der Waals surface area contributed by atoms with E-state index in [-0.39, 0.29) is 18.3 Å². The molecular formula is C32H35F3N8O3. The second-order valence-electron chi connectivity index (χ2n) is 11.6. The molecule has 3 aliphatic rings. The maximum absolute atomic E-state index is 13.2. The molecule has 0 radical (unpaired) electrons. The number of ether oxygens (including phenoxy) is 1. The number of allylic oxidation sites excluding steroid dienone is 1. The lowest BCUT2D eigenvalue weighted by atomic mass is 10.1. The third-order valence-corrected chi connectivity index (χ3v) is 8.30. The molecule has 1 saturated carbocycles. The highest BCUT2D eigenvalue weighted by Gasteiger charge is 2.43. The Morgan fingerprint density at radius 3 is 2.26 bits per heavy atom. The summed E-state index contributed by atoms with van der Waals surface area (Å²) in [7, 11) is 0. The summed E-state index contributed by atoms with van der Waals surface area (Å²) in [6, 6.07) is 10.7. The number of rotatable bonds is 8. The zero-order chi connectivity index (χ0) is 32.3. The molecule has 46 heavy (non-hydrogen) atoms. The summed E-state index contributed by atoms with van der Waals surface area (Å²) in [6.07, 6.45) is 0.501. The topological polar surface area (TPSA) is 130 Å². The first-order valence-electron chi connectivity index (χ1n) is 15.3. The lowest BCUT2D eigenvalue weighted by Crippen LogP contribution is -2.49. The predicted molar refractivity (Wildman–Crippen MR) is 167 cm³/mol. The molecule has 14 heteroatoms. The molecule has 2 saturated heterocycles. The fraction of sp³-hybridized carbons (Fsp3) is 0.406. The van der Waals surface area contributed by atoms with E-state index in [1.54, 1.807) is 36.7 Å². The first-order valence-corrected chi connectivity index (χ1v) is 15.3. The van der Waals surface area contributed by atoms with Gasteiger partial charge < -0.3 is 30.5 Å². The van der Waals surface area contributed by atoms with E-state index in [2.05, 4.69) is 31.2 Å². The molecule has 6 rings (SSSR count). The number of piperazine rings is 1. The number of alkyl halides is 3. The van der Waals surface area contributed by atoms with Crippen molar-refractivity contribution in [3.05, 3.63) is 66.0 Å². The van der Waals surface area contributed by atoms with E-state index in [1.807, 2.05) is 11.0 Å². The van der Waals surface area contributed by atoms with E-state index in [9.17, 15) is 22.8 Å². The molecule has 0 atom stereocenters. The SMILES string of the molecule is Nc1ncc(-c2cc(N3CCN(C(=O)Cc4ccc(NC(=O)C=C(C5CC5)C(F)(F)F)cc4)CC3)cc(N3CCOCC3)n2)cn1. The molecule has 4 heterocycles. The summed E-state index contributed by atoms with van der Waals surface area (Å²) < 4.78 is 45.2. The minimum atomic E-state index is -4.52. The Kier molecular flexibility index (Phi) is 9.06. The Balaban J connectivity index is 1.06. The minimum absolute atomic E-state index is 0.0259. The van der Waals surface area contributed by atoms with Crippen molar-refractivity contribution in [2.75, 3.05) is 73.3 Å². The van der Waals surface area contributed by atoms with Crippen molar-refractivity contribution < 1.29 is 27.5 Å². The normalized spacial score (nSPS) is 17.6. The zero-order valence-electron chi connectivity index (χ0n) is 25.2. The number of nitrogen functional groups attached to an aromatic ring is 1. The van der Waals surface area contributed by atoms with Crippen LogP contribution in [0.3, 0.4) is 0 Å². The molecular weight excluding hydrogens is 601 g/mol. The van der Waals surface area contributed by atoms with Crippen molar-refractivity contribution in [3.8, 4) is 11.3 Å². The first-order chi connectivity index (χ1) is 22.1. The van der Waals surface area contributed by atoms with Gasteiger partial charge in [0, 0.05) is 86.3 Å². The molecule has 242 valence electrons. The van der Waals surface area contributed by atoms with Crippen LogP contribution < -0.4 is 20.9 Å². The number of halogens is 3. The van der Waals surface area contributed by atoms with Crippen molar-refractivity contribution in [2.24, 2.45) is 5.92 Å². The number of pyridine rings is 1. The lowest BCUT2D eigenvalue weighted by molar-refractivity contribution is -0.130. The molecule has 2 aliphatic heterocycles. The van der Waals surface area contributed by atoms with Gasteiger partial charge in [-0.2, -0.15) is 13.2 Å². The van der Waals surface area contributed by atoms with E-state index < -0.39 is 23.6 Å². The Morgan fingerprint density at radius 2 is 1.63 bits per heavy atom. The second-order valence-corrected chi connectivity index (χ2v) is 11.6. The monoisotopic (exact) mass is 636 g/mol. The quantitative estimate of drug-likeness (QED) is 0.356. The van der Waals surface area contributed by atoms with Crippen LogP contribution in [0.5, 0.6) is 0 Å². The number of hydrogen-bond acceptors (Lipinski definition) is 9. The molecule has 0 unspecified atom stereocenters. The second kappa shape index (κ2) is 13.3. The molecule has 3 N–H and O–H groups in total. The van der Waals surface area contributed by atoms with Gasteiger partial charge in [-0.05, 0) is 42.5 Å². The number of nitrogens with two attached hydrogens (primary N) is 1. The number of carbonyl (C=O) groups is 2. The fourth-order valence-electron chi connectivity index (χ4n) is 5.61. The lowest BCUT2D eigenvalue weighted by Gasteiger charge is -2.37. The van der Waals surface area contributed by atoms with Gasteiger partial charge in [-0.25, -0.2) is 15.0 Å². The molecule has 0 spiro atoms. The van der Waals surface area contributed by atoms with Crippen LogP contribution in [0.25, 0.3) is 11.3 Å². The number of carbonyl (C=O) groups excluding carboxylic acids is 2. The Bertz CT molecular complexity index is 1580. The molecule has 0 bridgehead atoms. The van der Waals surface area contributed by atoms with Crippen LogP contribution in [0.1, 0.15) is 18.4 Å². The Labute approximate surface area is 264 Å². The number of hydrogen-bond donors (Lipinski definition) is 2. The largest absolute Gasteiger partial charge is 0.413 e. The van der Waals surface area contributed by atoms with Crippen molar-refractivity contribution in [1.82, 2.24) is 19.9 Å². The number of aromatic nitrogens is 3. The van der Waals surface area contributed by atoms with Crippen molar-refractivity contribution in [2.45, 2.75) is 25.4 Å². The van der Waals surface area contributed by atoms with Gasteiger partial charge in [0.05, 0.1) is 25.3 Å². The van der Waals surface area contributed by atoms with Crippen LogP contribution in [-0.2, 0) is 20.7 Å². The van der Waals surface area contributed by atoms with Crippen LogP contribution in [-0.4, -0.2) is 90.3 Å². The van der Waals surface area contributed by atoms with Gasteiger partial charge in [0.15, 0.2) is 0 Å². The van der Waals surface area contributed by atoms with E-state index in [4.69, 9.17) is 15.5 Å². The number of amides is 2. The highest BCUT2D eigenvalue weighted by molar-refractivity contribution is 6.00. The van der Waals surface area contributed by atoms with Crippen LogP contribution in [0, 0.1) is 5.92 Å². The molecule has 3 aromatic rings. The molecule has 2 amide bonds. The van der Waals surface area contributed by atoms with Crippen molar-refractivity contribution in [1.29, 1.82) is 0 Å². The molecule has 2 aromatic heterocycles. The smallest absolute Gasteiger partial charge is 0.378 e. The van der Waals surface area contributed by atoms with Crippen LogP contribution in [0.4, 0.5) is 36.3 Å². The molecule has 1 aliphatic carbocycles. The van der Waals surface area contributed by atoms with Gasteiger partial charge in [-0.1, -0.05) is 12.1 Å². The van der Waals surface area contributed by atoms with E-state index in [1.165, 1.54) is 0 Å². The maximum atomic E-state index is 13.2. The number of morpholine rings is 1. The summed E-state index contributed by atoms with van der Waals surface area (Å²) >= 11 is 0. The summed E-state index contributed by atoms with van der Waals surface area (Å²) in [5.74, 6) is -0.412. The van der Waals surface area contributed by atoms with Crippen LogP contribution in [0.15, 0.2) is 60.4 Å². The third kappa shape index (κ3) is 7.73. The average molecular weight is 637 g/mol. The molecule has 11 nitrogen and oxygen atoms in total. The fourth-order valence-corrected chi connectivity index (χ4v) is 5.61. The van der Waals surface area contributed by atoms with Gasteiger partial charge in [0.25, 0.3) is 0 Å². The van der Waals surface area contributed by atoms with Crippen molar-refractivity contribution in [3.63, 3.8) is 0 Å². The highest BCUT2D eigenvalue weighted by Crippen LogP contribution is 2.44. The summed E-state index contributed by atoms with van der Waals surface area (Å²) in [5.41, 5.74) is 8.49. The first kappa shape index (κ1) is 31.3. The summed E-state index contributed by atoms with van der Waals surface area (Å²) in [4.78, 5) is 44.8. The van der Waals surface area contributed by atoms with E-state index in [0.29, 0.717) is 64.0 Å². The molecule has 3 fully saturated rings. The van der Waals surface area contributed by atoms with E-state index in [0.717, 1.165) is 41.4 Å².